The Morgan fingerprint density at radius 1 is 1.05 bits per heavy atom. The van der Waals surface area contributed by atoms with Crippen molar-refractivity contribution in [3.8, 4) is 11.4 Å². The van der Waals surface area contributed by atoms with Crippen LogP contribution in [0.2, 0.25) is 0 Å². The Balaban J connectivity index is 1.48. The van der Waals surface area contributed by atoms with Gasteiger partial charge in [-0.15, -0.1) is 0 Å². The second-order valence-corrected chi connectivity index (χ2v) is 6.80. The quantitative estimate of drug-likeness (QED) is 0.849. The normalized spacial score (nSPS) is 20.1. The van der Waals surface area contributed by atoms with Crippen molar-refractivity contribution in [1.29, 1.82) is 0 Å². The molecule has 2 heterocycles. The van der Waals surface area contributed by atoms with Gasteiger partial charge in [0, 0.05) is 30.3 Å². The van der Waals surface area contributed by atoms with Crippen LogP contribution in [0.1, 0.15) is 50.8 Å². The Kier molecular flexibility index (Phi) is 3.60. The molecule has 1 aromatic carbocycles. The zero-order valence-electron chi connectivity index (χ0n) is 13.2. The first-order valence-corrected chi connectivity index (χ1v) is 8.48. The molecule has 1 aromatic heterocycles. The van der Waals surface area contributed by atoms with Gasteiger partial charge in [-0.1, -0.05) is 18.5 Å². The summed E-state index contributed by atoms with van der Waals surface area (Å²) in [6.07, 6.45) is 6.24. The number of hydrogen-bond donors (Lipinski definition) is 0. The van der Waals surface area contributed by atoms with E-state index in [0.29, 0.717) is 5.92 Å². The maximum absolute atomic E-state index is 5.41. The lowest BCUT2D eigenvalue weighted by Gasteiger charge is -2.32. The fourth-order valence-electron chi connectivity index (χ4n) is 3.26. The molecule has 2 fully saturated rings. The predicted octanol–water partition coefficient (Wildman–Crippen LogP) is 4.24. The number of piperidine rings is 1. The van der Waals surface area contributed by atoms with Crippen LogP contribution in [0.5, 0.6) is 0 Å². The zero-order chi connectivity index (χ0) is 14.9. The van der Waals surface area contributed by atoms with Crippen LogP contribution < -0.4 is 4.90 Å². The van der Waals surface area contributed by atoms with Crippen molar-refractivity contribution in [3.05, 3.63) is 30.2 Å². The molecule has 4 heteroatoms. The summed E-state index contributed by atoms with van der Waals surface area (Å²) in [4.78, 5) is 7.04. The van der Waals surface area contributed by atoms with E-state index in [0.717, 1.165) is 36.3 Å². The molecule has 1 aliphatic carbocycles. The minimum atomic E-state index is 0.496. The Morgan fingerprint density at radius 3 is 2.41 bits per heavy atom. The maximum Gasteiger partial charge on any atom is 0.230 e. The molecular weight excluding hydrogens is 274 g/mol. The maximum atomic E-state index is 5.41. The van der Waals surface area contributed by atoms with E-state index in [1.54, 1.807) is 0 Å². The van der Waals surface area contributed by atoms with Crippen molar-refractivity contribution in [1.82, 2.24) is 10.1 Å². The fraction of sp³-hybridized carbons (Fsp3) is 0.556. The average Bonchev–Trinajstić information content (AvgIpc) is 2.96. The van der Waals surface area contributed by atoms with Crippen LogP contribution in [-0.2, 0) is 0 Å². The van der Waals surface area contributed by atoms with Crippen molar-refractivity contribution in [2.75, 3.05) is 18.0 Å². The average molecular weight is 297 g/mol. The lowest BCUT2D eigenvalue weighted by Crippen LogP contribution is -2.32. The smallest absolute Gasteiger partial charge is 0.230 e. The molecule has 116 valence electrons. The number of aromatic nitrogens is 2. The Morgan fingerprint density at radius 2 is 1.77 bits per heavy atom. The van der Waals surface area contributed by atoms with Gasteiger partial charge in [-0.2, -0.15) is 4.98 Å². The first-order valence-electron chi connectivity index (χ1n) is 8.48. The molecule has 2 aliphatic rings. The van der Waals surface area contributed by atoms with Gasteiger partial charge >= 0.3 is 0 Å². The molecule has 4 rings (SSSR count). The van der Waals surface area contributed by atoms with Gasteiger partial charge in [0.1, 0.15) is 0 Å². The summed E-state index contributed by atoms with van der Waals surface area (Å²) in [7, 11) is 0. The predicted molar refractivity (Wildman–Crippen MR) is 86.9 cm³/mol. The lowest BCUT2D eigenvalue weighted by atomic mass is 9.85. The zero-order valence-corrected chi connectivity index (χ0v) is 13.2. The van der Waals surface area contributed by atoms with Crippen LogP contribution in [0, 0.1) is 5.92 Å². The number of hydrogen-bond acceptors (Lipinski definition) is 4. The van der Waals surface area contributed by atoms with Crippen LogP contribution in [-0.4, -0.2) is 23.2 Å². The van der Waals surface area contributed by atoms with E-state index in [1.807, 2.05) is 0 Å². The number of anilines is 1. The highest BCUT2D eigenvalue weighted by atomic mass is 16.5. The number of benzene rings is 1. The van der Waals surface area contributed by atoms with Crippen LogP contribution in [0.15, 0.2) is 28.8 Å². The van der Waals surface area contributed by atoms with E-state index in [9.17, 15) is 0 Å². The van der Waals surface area contributed by atoms with Gasteiger partial charge in [-0.05, 0) is 55.9 Å². The summed E-state index contributed by atoms with van der Waals surface area (Å²) >= 11 is 0. The fourth-order valence-corrected chi connectivity index (χ4v) is 3.26. The molecule has 0 spiro atoms. The SMILES string of the molecule is CC1CCN(c2ccc(-c3noc(C4CCC4)n3)cc2)CC1. The molecule has 0 radical (unpaired) electrons. The molecule has 1 aliphatic heterocycles. The molecule has 4 nitrogen and oxygen atoms in total. The van der Waals surface area contributed by atoms with Gasteiger partial charge in [0.15, 0.2) is 0 Å². The Bertz CT molecular complexity index is 622. The highest BCUT2D eigenvalue weighted by Crippen LogP contribution is 2.36. The highest BCUT2D eigenvalue weighted by molar-refractivity contribution is 5.60. The second kappa shape index (κ2) is 5.75. The monoisotopic (exact) mass is 297 g/mol. The third-order valence-corrected chi connectivity index (χ3v) is 5.17. The van der Waals surface area contributed by atoms with E-state index >= 15 is 0 Å². The topological polar surface area (TPSA) is 42.2 Å². The van der Waals surface area contributed by atoms with E-state index in [2.05, 4.69) is 46.2 Å². The van der Waals surface area contributed by atoms with Crippen molar-refractivity contribution in [3.63, 3.8) is 0 Å². The van der Waals surface area contributed by atoms with Gasteiger partial charge in [0.05, 0.1) is 0 Å². The molecule has 0 N–H and O–H groups in total. The first kappa shape index (κ1) is 13.8. The van der Waals surface area contributed by atoms with Crippen molar-refractivity contribution in [2.24, 2.45) is 5.92 Å². The minimum absolute atomic E-state index is 0.496. The van der Waals surface area contributed by atoms with Gasteiger partial charge < -0.3 is 9.42 Å². The molecule has 1 saturated carbocycles. The summed E-state index contributed by atoms with van der Waals surface area (Å²) < 4.78 is 5.41. The molecular formula is C18H23N3O. The van der Waals surface area contributed by atoms with Crippen LogP contribution >= 0.6 is 0 Å². The number of nitrogens with zero attached hydrogens (tertiary/aromatic N) is 3. The highest BCUT2D eigenvalue weighted by Gasteiger charge is 2.25. The van der Waals surface area contributed by atoms with Crippen LogP contribution in [0.4, 0.5) is 5.69 Å². The Hall–Kier alpha value is -1.84. The summed E-state index contributed by atoms with van der Waals surface area (Å²) in [5.41, 5.74) is 2.35. The van der Waals surface area contributed by atoms with Crippen molar-refractivity contribution >= 4 is 5.69 Å². The largest absolute Gasteiger partial charge is 0.372 e. The summed E-state index contributed by atoms with van der Waals surface area (Å²) in [6, 6.07) is 8.60. The molecule has 0 atom stereocenters. The minimum Gasteiger partial charge on any atom is -0.372 e. The molecule has 0 amide bonds. The summed E-state index contributed by atoms with van der Waals surface area (Å²) in [6.45, 7) is 4.67. The summed E-state index contributed by atoms with van der Waals surface area (Å²) in [5.74, 6) is 2.90. The van der Waals surface area contributed by atoms with Crippen molar-refractivity contribution < 1.29 is 4.52 Å². The second-order valence-electron chi connectivity index (χ2n) is 6.80. The van der Waals surface area contributed by atoms with Gasteiger partial charge in [-0.3, -0.25) is 0 Å². The van der Waals surface area contributed by atoms with Gasteiger partial charge in [0.25, 0.3) is 0 Å². The van der Waals surface area contributed by atoms with E-state index in [-0.39, 0.29) is 0 Å². The van der Waals surface area contributed by atoms with E-state index in [4.69, 9.17) is 4.52 Å². The third kappa shape index (κ3) is 2.62. The van der Waals surface area contributed by atoms with Crippen LogP contribution in [0.3, 0.4) is 0 Å². The number of rotatable bonds is 3. The van der Waals surface area contributed by atoms with E-state index in [1.165, 1.54) is 37.8 Å². The molecule has 22 heavy (non-hydrogen) atoms. The molecule has 1 saturated heterocycles. The summed E-state index contributed by atoms with van der Waals surface area (Å²) in [5, 5.41) is 4.14. The molecule has 2 aromatic rings. The Labute approximate surface area is 131 Å². The lowest BCUT2D eigenvalue weighted by molar-refractivity contribution is 0.292. The van der Waals surface area contributed by atoms with E-state index < -0.39 is 0 Å². The van der Waals surface area contributed by atoms with Gasteiger partial charge in [-0.25, -0.2) is 0 Å². The molecule has 0 unspecified atom stereocenters. The van der Waals surface area contributed by atoms with Crippen LogP contribution in [0.25, 0.3) is 11.4 Å². The first-order chi connectivity index (χ1) is 10.8. The molecule has 0 bridgehead atoms. The van der Waals surface area contributed by atoms with Gasteiger partial charge in [0.2, 0.25) is 11.7 Å². The third-order valence-electron chi connectivity index (χ3n) is 5.17. The standard InChI is InChI=1S/C18H23N3O/c1-13-9-11-21(12-10-13)16-7-5-14(6-8-16)17-19-18(22-20-17)15-3-2-4-15/h5-8,13,15H,2-4,9-12H2,1H3. The van der Waals surface area contributed by atoms with Crippen molar-refractivity contribution in [2.45, 2.75) is 44.9 Å².